The van der Waals surface area contributed by atoms with E-state index < -0.39 is 40.1 Å². The molecule has 0 spiro atoms. The van der Waals surface area contributed by atoms with E-state index in [1.807, 2.05) is 42.5 Å². The van der Waals surface area contributed by atoms with Gasteiger partial charge in [-0.1, -0.05) is 36.4 Å². The van der Waals surface area contributed by atoms with E-state index in [2.05, 4.69) is 10.6 Å². The zero-order chi connectivity index (χ0) is 20.8. The molecule has 9 heteroatoms. The number of carboxylic acid groups (broad SMARTS) is 1. The Labute approximate surface area is 200 Å². The molecule has 0 aromatic heterocycles. The molecule has 2 saturated heterocycles. The fourth-order valence-corrected chi connectivity index (χ4v) is 5.46. The molecule has 2 heterocycles. The fourth-order valence-electron chi connectivity index (χ4n) is 3.83. The van der Waals surface area contributed by atoms with Crippen LogP contribution in [0.2, 0.25) is 0 Å². The maximum atomic E-state index is 12.4. The van der Waals surface area contributed by atoms with Crippen molar-refractivity contribution >= 4 is 46.5 Å². The third-order valence-electron chi connectivity index (χ3n) is 5.21. The molecule has 4 rings (SSSR count). The number of amides is 3. The molecule has 0 aliphatic carbocycles. The summed E-state index contributed by atoms with van der Waals surface area (Å²) in [4.78, 5) is 37.2. The third-order valence-corrected chi connectivity index (χ3v) is 6.79. The Bertz CT molecular complexity index is 1040. The number of rotatable bonds is 4. The number of urea groups is 1. The standard InChI is InChI=1S/C21H21N3O4S.Na/c1-21(2)16(19(26)27)24-17(25)15(18(24)29-21)23-20(28)22-10-9-12-7-8-13-5-3-4-6-14(13)11-12;/h3-11,15-16,18H,1-2H3,(H,26,27)(H2,22,23,28);/q;+1/p-1/b10-9+;/t15?,16-,18?;/m0./s1. The van der Waals surface area contributed by atoms with E-state index in [1.165, 1.54) is 22.9 Å². The third kappa shape index (κ3) is 4.09. The number of aliphatic carboxylic acids is 1. The van der Waals surface area contributed by atoms with Crippen LogP contribution in [0.5, 0.6) is 0 Å². The molecule has 0 bridgehead atoms. The zero-order valence-electron chi connectivity index (χ0n) is 16.9. The number of benzene rings is 2. The summed E-state index contributed by atoms with van der Waals surface area (Å²) >= 11 is 1.35. The van der Waals surface area contributed by atoms with Crippen LogP contribution in [0, 0.1) is 0 Å². The summed E-state index contributed by atoms with van der Waals surface area (Å²) in [7, 11) is 0. The van der Waals surface area contributed by atoms with Crippen molar-refractivity contribution in [2.75, 3.05) is 0 Å². The summed E-state index contributed by atoms with van der Waals surface area (Å²) < 4.78 is -0.679. The summed E-state index contributed by atoms with van der Waals surface area (Å²) in [6, 6.07) is 11.7. The van der Waals surface area contributed by atoms with Gasteiger partial charge < -0.3 is 25.4 Å². The quantitative estimate of drug-likeness (QED) is 0.442. The van der Waals surface area contributed by atoms with E-state index in [1.54, 1.807) is 19.9 Å². The molecule has 7 nitrogen and oxygen atoms in total. The fraction of sp³-hybridized carbons (Fsp3) is 0.286. The minimum atomic E-state index is -1.28. The van der Waals surface area contributed by atoms with Crippen molar-refractivity contribution in [1.29, 1.82) is 0 Å². The molecule has 2 aliphatic rings. The van der Waals surface area contributed by atoms with Crippen LogP contribution in [0.1, 0.15) is 19.4 Å². The Morgan fingerprint density at radius 1 is 1.17 bits per heavy atom. The number of fused-ring (bicyclic) bond motifs is 2. The van der Waals surface area contributed by atoms with Crippen molar-refractivity contribution in [2.24, 2.45) is 0 Å². The number of thioether (sulfide) groups is 1. The number of β-lactam (4-membered cyclic amide) rings is 1. The molecule has 2 N–H and O–H groups in total. The van der Waals surface area contributed by atoms with Crippen molar-refractivity contribution < 1.29 is 49.0 Å². The number of nitrogens with one attached hydrogen (secondary N) is 2. The number of carbonyl (C=O) groups is 3. The molecule has 2 aromatic carbocycles. The number of hydrogen-bond donors (Lipinski definition) is 2. The van der Waals surface area contributed by atoms with Crippen LogP contribution >= 0.6 is 11.8 Å². The first-order valence-electron chi connectivity index (χ1n) is 9.21. The second-order valence-electron chi connectivity index (χ2n) is 7.61. The maximum absolute atomic E-state index is 12.4. The van der Waals surface area contributed by atoms with E-state index in [4.69, 9.17) is 0 Å². The molecule has 2 fully saturated rings. The minimum Gasteiger partial charge on any atom is -0.548 e. The number of nitrogens with zero attached hydrogens (tertiary/aromatic N) is 1. The molecule has 150 valence electrons. The average Bonchev–Trinajstić information content (AvgIpc) is 2.94. The van der Waals surface area contributed by atoms with E-state index in [-0.39, 0.29) is 29.6 Å². The summed E-state index contributed by atoms with van der Waals surface area (Å²) in [5.74, 6) is -1.68. The Morgan fingerprint density at radius 2 is 1.87 bits per heavy atom. The maximum Gasteiger partial charge on any atom is 1.00 e. The van der Waals surface area contributed by atoms with Crippen LogP contribution in [-0.4, -0.2) is 45.0 Å². The second kappa shape index (κ2) is 8.63. The molecule has 2 aliphatic heterocycles. The first-order chi connectivity index (χ1) is 13.8. The first-order valence-corrected chi connectivity index (χ1v) is 10.1. The Morgan fingerprint density at radius 3 is 2.57 bits per heavy atom. The Kier molecular flexibility index (Phi) is 6.52. The zero-order valence-corrected chi connectivity index (χ0v) is 19.7. The summed E-state index contributed by atoms with van der Waals surface area (Å²) in [6.07, 6.45) is 3.27. The van der Waals surface area contributed by atoms with Crippen LogP contribution < -0.4 is 45.3 Å². The van der Waals surface area contributed by atoms with Gasteiger partial charge in [0.05, 0.1) is 12.0 Å². The van der Waals surface area contributed by atoms with Crippen molar-refractivity contribution in [2.45, 2.75) is 36.1 Å². The van der Waals surface area contributed by atoms with Gasteiger partial charge in [-0.3, -0.25) is 4.79 Å². The Hall–Kier alpha value is -2.00. The van der Waals surface area contributed by atoms with E-state index in [9.17, 15) is 19.5 Å². The van der Waals surface area contributed by atoms with Crippen molar-refractivity contribution in [3.05, 3.63) is 54.2 Å². The van der Waals surface area contributed by atoms with Crippen molar-refractivity contribution in [1.82, 2.24) is 15.5 Å². The number of hydrogen-bond acceptors (Lipinski definition) is 5. The van der Waals surface area contributed by atoms with E-state index >= 15 is 0 Å². The van der Waals surface area contributed by atoms with Crippen LogP contribution in [-0.2, 0) is 9.59 Å². The van der Waals surface area contributed by atoms with Gasteiger partial charge in [-0.2, -0.15) is 0 Å². The topological polar surface area (TPSA) is 102 Å². The van der Waals surface area contributed by atoms with Gasteiger partial charge in [-0.15, -0.1) is 11.8 Å². The van der Waals surface area contributed by atoms with Gasteiger partial charge in [0.2, 0.25) is 5.91 Å². The smallest absolute Gasteiger partial charge is 0.548 e. The summed E-state index contributed by atoms with van der Waals surface area (Å²) in [5.41, 5.74) is 0.930. The van der Waals surface area contributed by atoms with Gasteiger partial charge in [0.1, 0.15) is 11.4 Å². The predicted octanol–water partition coefficient (Wildman–Crippen LogP) is -1.71. The SMILES string of the molecule is CC1(C)SC2C(NC(=O)N/C=C/c3ccc4ccccc4c3)C(=O)N2[C@H]1C(=O)[O-].[Na+]. The molecule has 0 radical (unpaired) electrons. The predicted molar refractivity (Wildman–Crippen MR) is 110 cm³/mol. The number of carboxylic acids is 1. The van der Waals surface area contributed by atoms with Crippen molar-refractivity contribution in [3.63, 3.8) is 0 Å². The summed E-state index contributed by atoms with van der Waals surface area (Å²) in [5, 5.41) is 18.5. The molecule has 3 amide bonds. The monoisotopic (exact) mass is 433 g/mol. The van der Waals surface area contributed by atoms with Gasteiger partial charge in [0, 0.05) is 10.9 Å². The van der Waals surface area contributed by atoms with Crippen LogP contribution in [0.3, 0.4) is 0 Å². The van der Waals surface area contributed by atoms with Gasteiger partial charge in [0.25, 0.3) is 0 Å². The Balaban J connectivity index is 0.00000256. The summed E-state index contributed by atoms with van der Waals surface area (Å²) in [6.45, 7) is 3.51. The van der Waals surface area contributed by atoms with Crippen LogP contribution in [0.15, 0.2) is 48.7 Å². The number of carbonyl (C=O) groups excluding carboxylic acids is 3. The van der Waals surface area contributed by atoms with Crippen LogP contribution in [0.25, 0.3) is 16.8 Å². The first kappa shape index (κ1) is 22.7. The molecule has 2 aromatic rings. The van der Waals surface area contributed by atoms with Gasteiger partial charge in [0.15, 0.2) is 0 Å². The molecule has 3 atom stereocenters. The molecule has 0 saturated carbocycles. The van der Waals surface area contributed by atoms with Gasteiger partial charge >= 0.3 is 35.6 Å². The largest absolute Gasteiger partial charge is 1.00 e. The van der Waals surface area contributed by atoms with Crippen molar-refractivity contribution in [3.8, 4) is 0 Å². The molecule has 2 unspecified atom stereocenters. The van der Waals surface area contributed by atoms with E-state index in [0.717, 1.165) is 16.3 Å². The van der Waals surface area contributed by atoms with Crippen LogP contribution in [0.4, 0.5) is 4.79 Å². The molecular weight excluding hydrogens is 413 g/mol. The molecular formula is C21H20N3NaO4S. The van der Waals surface area contributed by atoms with E-state index in [0.29, 0.717) is 0 Å². The van der Waals surface area contributed by atoms with Gasteiger partial charge in [-0.25, -0.2) is 4.79 Å². The average molecular weight is 433 g/mol. The minimum absolute atomic E-state index is 0. The van der Waals surface area contributed by atoms with Gasteiger partial charge in [-0.05, 0) is 42.3 Å². The molecule has 30 heavy (non-hydrogen) atoms. The second-order valence-corrected chi connectivity index (χ2v) is 9.39. The normalized spacial score (nSPS) is 24.1.